The molecule has 0 spiro atoms. The minimum absolute atomic E-state index is 0.215. The number of hydrogen-bond acceptors (Lipinski definition) is 6. The molecule has 0 fully saturated rings. The van der Waals surface area contributed by atoms with Gasteiger partial charge < -0.3 is 4.74 Å². The average molecular weight is 401 g/mol. The first-order valence-corrected chi connectivity index (χ1v) is 7.37. The van der Waals surface area contributed by atoms with Crippen molar-refractivity contribution in [2.45, 2.75) is 23.3 Å². The van der Waals surface area contributed by atoms with E-state index in [1.807, 2.05) is 0 Å². The molecular weight excluding hydrogens is 388 g/mol. The van der Waals surface area contributed by atoms with Crippen molar-refractivity contribution in [1.29, 1.82) is 0 Å². The molecule has 14 nitrogen and oxygen atoms in total. The molecule has 0 aliphatic carbocycles. The SMILES string of the molecule is [N-]=[N+]=NCCCC(Br)C(=O)OC(CN=[N+]=[N-])(CN=[N+]=[N-])CN=[N+]=[N-]. The van der Waals surface area contributed by atoms with Crippen molar-refractivity contribution in [2.75, 3.05) is 26.2 Å². The molecule has 1 atom stereocenters. The van der Waals surface area contributed by atoms with Crippen LogP contribution in [0.5, 0.6) is 0 Å². The van der Waals surface area contributed by atoms with Gasteiger partial charge in [-0.15, -0.1) is 0 Å². The highest BCUT2D eigenvalue weighted by Gasteiger charge is 2.34. The second kappa shape index (κ2) is 12.7. The Labute approximate surface area is 143 Å². The quantitative estimate of drug-likeness (QED) is 0.118. The number of nitrogens with zero attached hydrogens (tertiary/aromatic N) is 12. The van der Waals surface area contributed by atoms with Gasteiger partial charge in [-0.25, -0.2) is 0 Å². The molecule has 24 heavy (non-hydrogen) atoms. The van der Waals surface area contributed by atoms with Gasteiger partial charge in [0.2, 0.25) is 0 Å². The van der Waals surface area contributed by atoms with Gasteiger partial charge in [-0.3, -0.25) is 4.79 Å². The maximum absolute atomic E-state index is 12.1. The van der Waals surface area contributed by atoms with E-state index in [-0.39, 0.29) is 26.2 Å². The number of rotatable bonds is 12. The summed E-state index contributed by atoms with van der Waals surface area (Å²) in [6.07, 6.45) is 0.754. The Morgan fingerprint density at radius 2 is 1.42 bits per heavy atom. The van der Waals surface area contributed by atoms with Crippen molar-refractivity contribution < 1.29 is 9.53 Å². The Kier molecular flexibility index (Phi) is 11.2. The molecule has 0 aromatic rings. The first-order chi connectivity index (χ1) is 11.5. The Balaban J connectivity index is 5.12. The van der Waals surface area contributed by atoms with E-state index in [0.717, 1.165) is 0 Å². The summed E-state index contributed by atoms with van der Waals surface area (Å²) in [6, 6.07) is 0. The first kappa shape index (κ1) is 21.2. The van der Waals surface area contributed by atoms with E-state index >= 15 is 0 Å². The van der Waals surface area contributed by atoms with Crippen molar-refractivity contribution in [3.05, 3.63) is 41.8 Å². The highest BCUT2D eigenvalue weighted by Crippen LogP contribution is 2.20. The molecule has 0 aliphatic heterocycles. The molecule has 1 unspecified atom stereocenters. The Bertz CT molecular complexity index is 562. The third-order valence-electron chi connectivity index (χ3n) is 2.62. The molecule has 0 saturated heterocycles. The number of hydrogen-bond donors (Lipinski definition) is 0. The van der Waals surface area contributed by atoms with E-state index in [4.69, 9.17) is 26.9 Å². The number of carbonyl (C=O) groups excluding carboxylic acids is 1. The molecule has 0 N–H and O–H groups in total. The number of esters is 1. The minimum Gasteiger partial charge on any atom is -0.458 e. The maximum atomic E-state index is 12.1. The minimum atomic E-state index is -1.57. The van der Waals surface area contributed by atoms with Crippen LogP contribution < -0.4 is 0 Å². The van der Waals surface area contributed by atoms with Gasteiger partial charge in [-0.05, 0) is 35.0 Å². The highest BCUT2D eigenvalue weighted by atomic mass is 79.9. The van der Waals surface area contributed by atoms with Crippen molar-refractivity contribution in [3.63, 3.8) is 0 Å². The number of alkyl halides is 1. The second-order valence-electron chi connectivity index (χ2n) is 4.34. The van der Waals surface area contributed by atoms with Gasteiger partial charge in [-0.2, -0.15) is 0 Å². The first-order valence-electron chi connectivity index (χ1n) is 6.45. The van der Waals surface area contributed by atoms with E-state index in [1.54, 1.807) is 0 Å². The van der Waals surface area contributed by atoms with Gasteiger partial charge in [0.15, 0.2) is 0 Å². The van der Waals surface area contributed by atoms with Crippen LogP contribution in [-0.2, 0) is 9.53 Å². The molecule has 0 aromatic carbocycles. The zero-order valence-corrected chi connectivity index (χ0v) is 14.0. The largest absolute Gasteiger partial charge is 0.458 e. The van der Waals surface area contributed by atoms with Crippen LogP contribution in [0.1, 0.15) is 12.8 Å². The summed E-state index contributed by atoms with van der Waals surface area (Å²) in [5.74, 6) is -0.717. The zero-order chi connectivity index (χ0) is 18.3. The summed E-state index contributed by atoms with van der Waals surface area (Å²) < 4.78 is 5.28. The second-order valence-corrected chi connectivity index (χ2v) is 5.44. The van der Waals surface area contributed by atoms with Crippen molar-refractivity contribution in [1.82, 2.24) is 0 Å². The number of halogens is 1. The number of carbonyl (C=O) groups is 1. The standard InChI is InChI=1S/C9H13BrN12O2/c10-7(2-1-3-15-19-11)8(23)24-9(4-16-20-12,5-17-21-13)6-18-22-14/h7H,1-6H2. The molecule has 0 radical (unpaired) electrons. The van der Waals surface area contributed by atoms with Gasteiger partial charge in [0.1, 0.15) is 10.4 Å². The summed E-state index contributed by atoms with van der Waals surface area (Å²) in [4.78, 5) is 21.7. The van der Waals surface area contributed by atoms with E-state index < -0.39 is 16.4 Å². The lowest BCUT2D eigenvalue weighted by molar-refractivity contribution is -0.156. The van der Waals surface area contributed by atoms with Crippen molar-refractivity contribution >= 4 is 21.9 Å². The van der Waals surface area contributed by atoms with Gasteiger partial charge in [0.25, 0.3) is 0 Å². The molecule has 0 aromatic heterocycles. The van der Waals surface area contributed by atoms with Gasteiger partial charge in [0.05, 0.1) is 19.6 Å². The Hall–Kier alpha value is -2.81. The molecule has 0 heterocycles. The summed E-state index contributed by atoms with van der Waals surface area (Å²) in [5, 5.41) is 13.3. The third kappa shape index (κ3) is 8.59. The fourth-order valence-electron chi connectivity index (χ4n) is 1.51. The summed E-state index contributed by atoms with van der Waals surface area (Å²) in [6.45, 7) is -0.892. The number of ether oxygens (including phenoxy) is 1. The zero-order valence-electron chi connectivity index (χ0n) is 12.4. The Morgan fingerprint density at radius 3 is 1.83 bits per heavy atom. The normalized spacial score (nSPS) is 12.9. The number of azide groups is 4. The molecule has 0 amide bonds. The topological polar surface area (TPSA) is 221 Å². The summed E-state index contributed by atoms with van der Waals surface area (Å²) in [7, 11) is 0. The maximum Gasteiger partial charge on any atom is 0.320 e. The molecule has 0 bridgehead atoms. The smallest absolute Gasteiger partial charge is 0.320 e. The van der Waals surface area contributed by atoms with Crippen LogP contribution in [0, 0.1) is 0 Å². The van der Waals surface area contributed by atoms with Gasteiger partial charge in [-0.1, -0.05) is 36.4 Å². The van der Waals surface area contributed by atoms with E-state index in [2.05, 4.69) is 56.0 Å². The monoisotopic (exact) mass is 400 g/mol. The van der Waals surface area contributed by atoms with Crippen LogP contribution in [0.25, 0.3) is 41.8 Å². The van der Waals surface area contributed by atoms with Crippen molar-refractivity contribution in [3.8, 4) is 0 Å². The van der Waals surface area contributed by atoms with Gasteiger partial charge >= 0.3 is 5.97 Å². The highest BCUT2D eigenvalue weighted by molar-refractivity contribution is 9.10. The van der Waals surface area contributed by atoms with Crippen LogP contribution in [0.4, 0.5) is 0 Å². The lowest BCUT2D eigenvalue weighted by Crippen LogP contribution is -2.45. The fourth-order valence-corrected chi connectivity index (χ4v) is 1.93. The van der Waals surface area contributed by atoms with E-state index in [1.165, 1.54) is 0 Å². The van der Waals surface area contributed by atoms with Gasteiger partial charge in [0, 0.05) is 26.2 Å². The molecule has 0 saturated carbocycles. The predicted molar refractivity (Wildman–Crippen MR) is 86.8 cm³/mol. The summed E-state index contributed by atoms with van der Waals surface area (Å²) >= 11 is 3.13. The average Bonchev–Trinajstić information content (AvgIpc) is 2.59. The molecule has 15 heteroatoms. The summed E-state index contributed by atoms with van der Waals surface area (Å²) in [5.41, 5.74) is 32.0. The van der Waals surface area contributed by atoms with E-state index in [9.17, 15) is 4.79 Å². The van der Waals surface area contributed by atoms with Crippen molar-refractivity contribution in [2.24, 2.45) is 20.5 Å². The van der Waals surface area contributed by atoms with Crippen LogP contribution in [0.15, 0.2) is 20.5 Å². The molecule has 0 aliphatic rings. The molecule has 0 rings (SSSR count). The Morgan fingerprint density at radius 1 is 0.958 bits per heavy atom. The van der Waals surface area contributed by atoms with Crippen LogP contribution in [0.3, 0.4) is 0 Å². The molecular formula is C9H13BrN12O2. The van der Waals surface area contributed by atoms with E-state index in [0.29, 0.717) is 12.8 Å². The third-order valence-corrected chi connectivity index (χ3v) is 3.45. The lowest BCUT2D eigenvalue weighted by atomic mass is 10.0. The van der Waals surface area contributed by atoms with Crippen LogP contribution >= 0.6 is 15.9 Å². The molecule has 128 valence electrons. The lowest BCUT2D eigenvalue weighted by Gasteiger charge is -2.30. The predicted octanol–water partition coefficient (Wildman–Crippen LogP) is 4.05. The van der Waals surface area contributed by atoms with Crippen LogP contribution in [-0.4, -0.2) is 42.6 Å². The van der Waals surface area contributed by atoms with Crippen LogP contribution in [0.2, 0.25) is 0 Å². The fraction of sp³-hybridized carbons (Fsp3) is 0.889.